The largest absolute Gasteiger partial charge is 0.457 e. The van der Waals surface area contributed by atoms with Crippen LogP contribution in [0.3, 0.4) is 0 Å². The van der Waals surface area contributed by atoms with Crippen molar-refractivity contribution in [2.45, 2.75) is 0 Å². The highest BCUT2D eigenvalue weighted by atomic mass is 19.2. The number of halogens is 4. The summed E-state index contributed by atoms with van der Waals surface area (Å²) in [4.78, 5) is 25.9. The summed E-state index contributed by atoms with van der Waals surface area (Å²) in [5.74, 6) is -9.64. The summed E-state index contributed by atoms with van der Waals surface area (Å²) in [7, 11) is 0. The number of hydrogen-bond acceptors (Lipinski definition) is 4. The number of anilines is 2. The number of nitrogens with two attached hydrogens (primary N) is 1. The first-order valence-electron chi connectivity index (χ1n) is 12.4. The van der Waals surface area contributed by atoms with E-state index in [0.29, 0.717) is 23.0 Å². The molecule has 42 heavy (non-hydrogen) atoms. The van der Waals surface area contributed by atoms with Crippen LogP contribution >= 0.6 is 0 Å². The van der Waals surface area contributed by atoms with Gasteiger partial charge in [0, 0.05) is 11.4 Å². The quantitative estimate of drug-likeness (QED) is 0.151. The van der Waals surface area contributed by atoms with E-state index in [4.69, 9.17) is 15.2 Å². The molecule has 0 saturated heterocycles. The molecule has 0 radical (unpaired) electrons. The van der Waals surface area contributed by atoms with Gasteiger partial charge in [0.15, 0.2) is 23.3 Å². The lowest BCUT2D eigenvalue weighted by atomic mass is 10.0. The number of carbonyl (C=O) groups is 2. The Balaban J connectivity index is 1.56. The Labute approximate surface area is 237 Å². The van der Waals surface area contributed by atoms with Gasteiger partial charge in [0.05, 0.1) is 0 Å². The predicted octanol–water partition coefficient (Wildman–Crippen LogP) is 7.91. The van der Waals surface area contributed by atoms with Crippen molar-refractivity contribution in [1.29, 1.82) is 0 Å². The van der Waals surface area contributed by atoms with Gasteiger partial charge in [0.1, 0.15) is 34.1 Å². The molecule has 0 saturated carbocycles. The average Bonchev–Trinajstić information content (AvgIpc) is 2.99. The van der Waals surface area contributed by atoms with Crippen LogP contribution in [0.25, 0.3) is 0 Å². The molecule has 0 fully saturated rings. The van der Waals surface area contributed by atoms with E-state index in [2.05, 4.69) is 0 Å². The summed E-state index contributed by atoms with van der Waals surface area (Å²) in [6, 6.07) is 29.3. The zero-order valence-corrected chi connectivity index (χ0v) is 21.6. The SMILES string of the molecule is NC(=O)c1c(F)c(F)c(C(=O)N(c2ccc(Oc3ccccc3)cc2)c2ccc(Oc3ccccc3)cc2)c(F)c1F. The maximum Gasteiger partial charge on any atom is 0.269 e. The molecule has 0 heterocycles. The van der Waals surface area contributed by atoms with Gasteiger partial charge in [0.25, 0.3) is 11.8 Å². The number of ether oxygens (including phenoxy) is 2. The van der Waals surface area contributed by atoms with E-state index in [9.17, 15) is 18.4 Å². The van der Waals surface area contributed by atoms with Gasteiger partial charge in [0.2, 0.25) is 0 Å². The van der Waals surface area contributed by atoms with Crippen LogP contribution in [-0.4, -0.2) is 11.8 Å². The first-order valence-corrected chi connectivity index (χ1v) is 12.4. The summed E-state index contributed by atoms with van der Waals surface area (Å²) in [5, 5.41) is 0. The van der Waals surface area contributed by atoms with E-state index in [1.54, 1.807) is 48.5 Å². The Morgan fingerprint density at radius 1 is 0.500 bits per heavy atom. The summed E-state index contributed by atoms with van der Waals surface area (Å²) in [6.07, 6.45) is 0. The van der Waals surface area contributed by atoms with Gasteiger partial charge in [-0.25, -0.2) is 17.6 Å². The smallest absolute Gasteiger partial charge is 0.269 e. The normalized spacial score (nSPS) is 10.7. The molecular formula is C32H20F4N2O4. The van der Waals surface area contributed by atoms with Crippen molar-refractivity contribution in [3.63, 3.8) is 0 Å². The lowest BCUT2D eigenvalue weighted by Crippen LogP contribution is -2.30. The minimum Gasteiger partial charge on any atom is -0.457 e. The van der Waals surface area contributed by atoms with Gasteiger partial charge in [-0.15, -0.1) is 0 Å². The summed E-state index contributed by atoms with van der Waals surface area (Å²) >= 11 is 0. The van der Waals surface area contributed by atoms with Crippen LogP contribution in [0.1, 0.15) is 20.7 Å². The van der Waals surface area contributed by atoms with Crippen molar-refractivity contribution in [2.24, 2.45) is 5.73 Å². The molecular weight excluding hydrogens is 552 g/mol. The Bertz CT molecular complexity index is 1630. The molecule has 210 valence electrons. The Kier molecular flexibility index (Phi) is 7.87. The maximum atomic E-state index is 15.0. The van der Waals surface area contributed by atoms with Crippen LogP contribution in [-0.2, 0) is 0 Å². The topological polar surface area (TPSA) is 81.9 Å². The lowest BCUT2D eigenvalue weighted by molar-refractivity contribution is 0.0970. The highest BCUT2D eigenvalue weighted by Gasteiger charge is 2.34. The molecule has 5 aromatic rings. The van der Waals surface area contributed by atoms with Crippen LogP contribution in [0.4, 0.5) is 28.9 Å². The fourth-order valence-corrected chi connectivity index (χ4v) is 4.11. The number of para-hydroxylation sites is 2. The Hall–Kier alpha value is -5.64. The standard InChI is InChI=1S/C32H20F4N2O4/c33-27-25(31(37)39)28(34)30(36)26(29(27)35)32(40)38(19-11-15-23(16-12-19)41-21-7-3-1-4-8-21)20-13-17-24(18-14-20)42-22-9-5-2-6-10-22/h1-18H,(H2,37,39). The van der Waals surface area contributed by atoms with Crippen molar-refractivity contribution in [1.82, 2.24) is 0 Å². The Morgan fingerprint density at radius 3 is 1.19 bits per heavy atom. The van der Waals surface area contributed by atoms with Gasteiger partial charge in [-0.3, -0.25) is 14.5 Å². The lowest BCUT2D eigenvalue weighted by Gasteiger charge is -2.24. The second kappa shape index (κ2) is 11.8. The molecule has 0 aromatic heterocycles. The Morgan fingerprint density at radius 2 is 0.833 bits per heavy atom. The molecule has 2 amide bonds. The van der Waals surface area contributed by atoms with Gasteiger partial charge in [-0.05, 0) is 72.8 Å². The van der Waals surface area contributed by atoms with Crippen molar-refractivity contribution in [2.75, 3.05) is 4.90 Å². The zero-order valence-electron chi connectivity index (χ0n) is 21.6. The molecule has 0 aliphatic rings. The summed E-state index contributed by atoms with van der Waals surface area (Å²) in [6.45, 7) is 0. The molecule has 0 bridgehead atoms. The molecule has 0 aliphatic carbocycles. The van der Waals surface area contributed by atoms with Crippen LogP contribution < -0.4 is 20.1 Å². The number of benzene rings is 5. The highest BCUT2D eigenvalue weighted by Crippen LogP contribution is 2.34. The average molecular weight is 573 g/mol. The van der Waals surface area contributed by atoms with Crippen LogP contribution in [0.15, 0.2) is 109 Å². The number of amides is 2. The molecule has 5 aromatic carbocycles. The third-order valence-corrected chi connectivity index (χ3v) is 6.07. The third kappa shape index (κ3) is 5.64. The maximum absolute atomic E-state index is 15.0. The highest BCUT2D eigenvalue weighted by molar-refractivity contribution is 6.11. The monoisotopic (exact) mass is 572 g/mol. The zero-order chi connectivity index (χ0) is 29.8. The second-order valence-electron chi connectivity index (χ2n) is 8.83. The van der Waals surface area contributed by atoms with Crippen LogP contribution in [0, 0.1) is 23.3 Å². The molecule has 2 N–H and O–H groups in total. The van der Waals surface area contributed by atoms with Gasteiger partial charge < -0.3 is 15.2 Å². The predicted molar refractivity (Wildman–Crippen MR) is 147 cm³/mol. The molecule has 5 rings (SSSR count). The van der Waals surface area contributed by atoms with Gasteiger partial charge >= 0.3 is 0 Å². The molecule has 0 atom stereocenters. The second-order valence-corrected chi connectivity index (χ2v) is 8.83. The van der Waals surface area contributed by atoms with E-state index in [1.807, 2.05) is 12.1 Å². The van der Waals surface area contributed by atoms with E-state index in [0.717, 1.165) is 4.90 Å². The van der Waals surface area contributed by atoms with E-state index >= 15 is 8.78 Å². The molecule has 0 unspecified atom stereocenters. The number of carbonyl (C=O) groups excluding carboxylic acids is 2. The van der Waals surface area contributed by atoms with Crippen molar-refractivity contribution in [3.05, 3.63) is 144 Å². The molecule has 0 aliphatic heterocycles. The van der Waals surface area contributed by atoms with E-state index in [-0.39, 0.29) is 11.4 Å². The van der Waals surface area contributed by atoms with Gasteiger partial charge in [-0.2, -0.15) is 0 Å². The number of primary amides is 1. The molecule has 0 spiro atoms. The van der Waals surface area contributed by atoms with Crippen molar-refractivity contribution >= 4 is 23.2 Å². The first-order chi connectivity index (χ1) is 20.2. The fourth-order valence-electron chi connectivity index (χ4n) is 4.11. The molecule has 6 nitrogen and oxygen atoms in total. The number of rotatable bonds is 8. The summed E-state index contributed by atoms with van der Waals surface area (Å²) in [5.41, 5.74) is 1.87. The number of nitrogens with zero attached hydrogens (tertiary/aromatic N) is 1. The minimum atomic E-state index is -2.08. The van der Waals surface area contributed by atoms with E-state index in [1.165, 1.54) is 48.5 Å². The van der Waals surface area contributed by atoms with Crippen LogP contribution in [0.2, 0.25) is 0 Å². The van der Waals surface area contributed by atoms with E-state index < -0.39 is 46.2 Å². The first kappa shape index (κ1) is 27.9. The van der Waals surface area contributed by atoms with Crippen LogP contribution in [0.5, 0.6) is 23.0 Å². The summed E-state index contributed by atoms with van der Waals surface area (Å²) < 4.78 is 70.8. The minimum absolute atomic E-state index is 0.0794. The number of hydrogen-bond donors (Lipinski definition) is 1. The van der Waals surface area contributed by atoms with Crippen molar-refractivity contribution in [3.8, 4) is 23.0 Å². The third-order valence-electron chi connectivity index (χ3n) is 6.07. The van der Waals surface area contributed by atoms with Crippen molar-refractivity contribution < 1.29 is 36.6 Å². The van der Waals surface area contributed by atoms with Gasteiger partial charge in [-0.1, -0.05) is 36.4 Å². The fraction of sp³-hybridized carbons (Fsp3) is 0. The molecule has 10 heteroatoms.